The second-order valence-corrected chi connectivity index (χ2v) is 4.91. The van der Waals surface area contributed by atoms with Gasteiger partial charge in [-0.1, -0.05) is 30.3 Å². The molecule has 0 radical (unpaired) electrons. The Balaban J connectivity index is 1.96. The number of rotatable bonds is 5. The number of halogens is 1. The van der Waals surface area contributed by atoms with Crippen LogP contribution >= 0.6 is 0 Å². The molecule has 0 saturated carbocycles. The van der Waals surface area contributed by atoms with Gasteiger partial charge in [-0.3, -0.25) is 0 Å². The van der Waals surface area contributed by atoms with Gasteiger partial charge in [0.05, 0.1) is 6.61 Å². The van der Waals surface area contributed by atoms with Crippen molar-refractivity contribution in [1.82, 2.24) is 0 Å². The number of benzene rings is 2. The minimum Gasteiger partial charge on any atom is -0.362 e. The lowest BCUT2D eigenvalue weighted by Crippen LogP contribution is -2.13. The summed E-state index contributed by atoms with van der Waals surface area (Å²) >= 11 is 0. The van der Waals surface area contributed by atoms with Gasteiger partial charge in [-0.2, -0.15) is 8.42 Å². The lowest BCUT2D eigenvalue weighted by molar-refractivity contribution is 0.264. The number of hydrogen-bond donors (Lipinski definition) is 0. The van der Waals surface area contributed by atoms with E-state index in [1.165, 1.54) is 36.4 Å². The summed E-state index contributed by atoms with van der Waals surface area (Å²) < 4.78 is 45.1. The second-order valence-electron chi connectivity index (χ2n) is 3.69. The van der Waals surface area contributed by atoms with Crippen LogP contribution in [0, 0.1) is 5.82 Å². The second kappa shape index (κ2) is 5.81. The fourth-order valence-corrected chi connectivity index (χ4v) is 2.01. The predicted octanol–water partition coefficient (Wildman–Crippen LogP) is 2.67. The molecule has 2 aromatic rings. The molecule has 0 fully saturated rings. The van der Waals surface area contributed by atoms with Gasteiger partial charge in [-0.25, -0.2) is 8.57 Å². The van der Waals surface area contributed by atoms with Crippen molar-refractivity contribution >= 4 is 10.4 Å². The van der Waals surface area contributed by atoms with Crippen LogP contribution < -0.4 is 4.18 Å². The molecule has 0 aliphatic rings. The minimum atomic E-state index is -4.14. The Hall–Kier alpha value is -1.92. The van der Waals surface area contributed by atoms with E-state index in [9.17, 15) is 12.8 Å². The van der Waals surface area contributed by atoms with Gasteiger partial charge in [0, 0.05) is 0 Å². The van der Waals surface area contributed by atoms with Gasteiger partial charge in [0.25, 0.3) is 0 Å². The molecular weight excluding hydrogens is 271 g/mol. The van der Waals surface area contributed by atoms with E-state index in [0.717, 1.165) is 0 Å². The normalized spacial score (nSPS) is 11.2. The Morgan fingerprint density at radius 2 is 1.58 bits per heavy atom. The third-order valence-corrected chi connectivity index (χ3v) is 3.03. The van der Waals surface area contributed by atoms with Crippen molar-refractivity contribution < 1.29 is 21.2 Å². The van der Waals surface area contributed by atoms with Gasteiger partial charge < -0.3 is 4.18 Å². The zero-order valence-corrected chi connectivity index (χ0v) is 10.6. The maximum atomic E-state index is 12.7. The lowest BCUT2D eigenvalue weighted by Gasteiger charge is -2.06. The van der Waals surface area contributed by atoms with Gasteiger partial charge >= 0.3 is 10.4 Å². The highest BCUT2D eigenvalue weighted by Gasteiger charge is 2.13. The summed E-state index contributed by atoms with van der Waals surface area (Å²) in [6.45, 7) is -0.213. The highest BCUT2D eigenvalue weighted by Crippen LogP contribution is 2.14. The van der Waals surface area contributed by atoms with Gasteiger partial charge in [-0.05, 0) is 29.8 Å². The average molecular weight is 282 g/mol. The van der Waals surface area contributed by atoms with Crippen molar-refractivity contribution in [2.75, 3.05) is 0 Å². The summed E-state index contributed by atoms with van der Waals surface area (Å²) in [6.07, 6.45) is 0. The smallest absolute Gasteiger partial charge is 0.362 e. The maximum Gasteiger partial charge on any atom is 0.449 e. The molecule has 2 rings (SSSR count). The van der Waals surface area contributed by atoms with Crippen LogP contribution in [0.1, 0.15) is 5.56 Å². The molecule has 0 aliphatic heterocycles. The maximum absolute atomic E-state index is 12.7. The first kappa shape index (κ1) is 13.5. The molecule has 2 aromatic carbocycles. The zero-order chi connectivity index (χ0) is 13.7. The molecule has 0 N–H and O–H groups in total. The predicted molar refractivity (Wildman–Crippen MR) is 67.2 cm³/mol. The molecule has 19 heavy (non-hydrogen) atoms. The van der Waals surface area contributed by atoms with Crippen LogP contribution in [0.4, 0.5) is 4.39 Å². The molecule has 100 valence electrons. The highest BCUT2D eigenvalue weighted by molar-refractivity contribution is 7.82. The van der Waals surface area contributed by atoms with E-state index < -0.39 is 16.2 Å². The van der Waals surface area contributed by atoms with E-state index in [2.05, 4.69) is 4.18 Å². The van der Waals surface area contributed by atoms with E-state index in [1.807, 2.05) is 0 Å². The first-order valence-corrected chi connectivity index (χ1v) is 6.77. The van der Waals surface area contributed by atoms with E-state index in [-0.39, 0.29) is 12.4 Å². The van der Waals surface area contributed by atoms with Crippen LogP contribution in [0.5, 0.6) is 5.75 Å². The lowest BCUT2D eigenvalue weighted by atomic mass is 10.2. The summed E-state index contributed by atoms with van der Waals surface area (Å²) in [5.74, 6) is -0.228. The molecule has 0 aromatic heterocycles. The summed E-state index contributed by atoms with van der Waals surface area (Å²) in [7, 11) is -4.14. The Morgan fingerprint density at radius 3 is 2.21 bits per heavy atom. The Kier molecular flexibility index (Phi) is 4.13. The van der Waals surface area contributed by atoms with Gasteiger partial charge in [0.2, 0.25) is 0 Å². The summed E-state index contributed by atoms with van der Waals surface area (Å²) in [5, 5.41) is 0. The molecule has 0 bridgehead atoms. The summed E-state index contributed by atoms with van der Waals surface area (Å²) in [5.41, 5.74) is 0.529. The zero-order valence-electron chi connectivity index (χ0n) is 9.82. The quantitative estimate of drug-likeness (QED) is 0.846. The largest absolute Gasteiger partial charge is 0.449 e. The van der Waals surface area contributed by atoms with Crippen LogP contribution in [-0.4, -0.2) is 8.42 Å². The Labute approximate surface area is 110 Å². The van der Waals surface area contributed by atoms with Crippen molar-refractivity contribution in [3.05, 3.63) is 66.0 Å². The molecule has 0 heterocycles. The Bertz CT molecular complexity index is 623. The number of hydrogen-bond acceptors (Lipinski definition) is 4. The standard InChI is InChI=1S/C13H11FO4S/c14-12-8-6-11(7-9-12)10-17-19(15,16)18-13-4-2-1-3-5-13/h1-9H,10H2. The van der Waals surface area contributed by atoms with Gasteiger partial charge in [0.1, 0.15) is 11.6 Å². The van der Waals surface area contributed by atoms with Crippen molar-refractivity contribution in [2.45, 2.75) is 6.61 Å². The molecule has 0 aliphatic carbocycles. The molecule has 0 amide bonds. The molecular formula is C13H11FO4S. The van der Waals surface area contributed by atoms with Gasteiger partial charge in [-0.15, -0.1) is 0 Å². The SMILES string of the molecule is O=S(=O)(OCc1ccc(F)cc1)Oc1ccccc1. The fourth-order valence-electron chi connectivity index (χ4n) is 1.34. The minimum absolute atomic E-state index is 0.168. The fraction of sp³-hybridized carbons (Fsp3) is 0.0769. The average Bonchev–Trinajstić information content (AvgIpc) is 2.39. The molecule has 0 unspecified atom stereocenters. The van der Waals surface area contributed by atoms with Crippen molar-refractivity contribution in [3.8, 4) is 5.75 Å². The van der Waals surface area contributed by atoms with Crippen LogP contribution in [-0.2, 0) is 21.2 Å². The molecule has 0 spiro atoms. The van der Waals surface area contributed by atoms with Crippen LogP contribution in [0.2, 0.25) is 0 Å². The Morgan fingerprint density at radius 1 is 0.947 bits per heavy atom. The topological polar surface area (TPSA) is 52.6 Å². The van der Waals surface area contributed by atoms with Crippen LogP contribution in [0.15, 0.2) is 54.6 Å². The molecule has 0 saturated heterocycles. The first-order chi connectivity index (χ1) is 9.05. The number of para-hydroxylation sites is 1. The van der Waals surface area contributed by atoms with E-state index in [4.69, 9.17) is 4.18 Å². The van der Waals surface area contributed by atoms with Crippen LogP contribution in [0.3, 0.4) is 0 Å². The first-order valence-electron chi connectivity index (χ1n) is 5.43. The molecule has 6 heteroatoms. The monoisotopic (exact) mass is 282 g/mol. The van der Waals surface area contributed by atoms with Gasteiger partial charge in [0.15, 0.2) is 0 Å². The van der Waals surface area contributed by atoms with E-state index in [1.54, 1.807) is 18.2 Å². The van der Waals surface area contributed by atoms with E-state index >= 15 is 0 Å². The van der Waals surface area contributed by atoms with Crippen molar-refractivity contribution in [2.24, 2.45) is 0 Å². The van der Waals surface area contributed by atoms with Crippen molar-refractivity contribution in [1.29, 1.82) is 0 Å². The highest BCUT2D eigenvalue weighted by atomic mass is 32.3. The third kappa shape index (κ3) is 4.35. The molecule has 0 atom stereocenters. The summed E-state index contributed by atoms with van der Waals surface area (Å²) in [4.78, 5) is 0. The van der Waals surface area contributed by atoms with E-state index in [0.29, 0.717) is 5.56 Å². The van der Waals surface area contributed by atoms with Crippen molar-refractivity contribution in [3.63, 3.8) is 0 Å². The summed E-state index contributed by atoms with van der Waals surface area (Å²) in [6, 6.07) is 13.3. The third-order valence-electron chi connectivity index (χ3n) is 2.22. The van der Waals surface area contributed by atoms with Crippen LogP contribution in [0.25, 0.3) is 0 Å². The molecule has 4 nitrogen and oxygen atoms in total.